The van der Waals surface area contributed by atoms with Crippen molar-refractivity contribution in [1.82, 2.24) is 19.9 Å². The minimum Gasteiger partial charge on any atom is -0.493 e. The van der Waals surface area contributed by atoms with Crippen molar-refractivity contribution in [3.05, 3.63) is 96.1 Å². The summed E-state index contributed by atoms with van der Waals surface area (Å²) in [5.74, 6) is 1.07. The average Bonchev–Trinajstić information content (AvgIpc) is 3.55. The van der Waals surface area contributed by atoms with Gasteiger partial charge in [0.2, 0.25) is 0 Å². The second-order valence-electron chi connectivity index (χ2n) is 9.01. The van der Waals surface area contributed by atoms with Crippen LogP contribution in [-0.2, 0) is 29.2 Å². The fourth-order valence-corrected chi connectivity index (χ4v) is 4.78. The minimum atomic E-state index is -0.369. The molecule has 0 amide bonds. The lowest BCUT2D eigenvalue weighted by molar-refractivity contribution is -0.141. The molecule has 1 aliphatic rings. The Hall–Kier alpha value is -4.17. The molecule has 0 radical (unpaired) electrons. The van der Waals surface area contributed by atoms with Crippen LogP contribution in [0.25, 0.3) is 11.0 Å². The lowest BCUT2D eigenvalue weighted by Crippen LogP contribution is -2.44. The largest absolute Gasteiger partial charge is 0.493 e. The van der Waals surface area contributed by atoms with Crippen LogP contribution in [0.2, 0.25) is 0 Å². The molecule has 0 saturated heterocycles. The number of cyclic esters (lactones) is 1. The normalized spacial score (nSPS) is 15.8. The van der Waals surface area contributed by atoms with Crippen LogP contribution in [-0.4, -0.2) is 52.2 Å². The number of nitrogens with zero attached hydrogens (tertiary/aromatic N) is 4. The van der Waals surface area contributed by atoms with Crippen molar-refractivity contribution in [2.24, 2.45) is 0 Å². The maximum atomic E-state index is 12.1. The summed E-state index contributed by atoms with van der Waals surface area (Å²) >= 11 is 0. The number of aromatic nitrogens is 3. The van der Waals surface area contributed by atoms with Gasteiger partial charge in [-0.05, 0) is 54.3 Å². The van der Waals surface area contributed by atoms with Gasteiger partial charge >= 0.3 is 5.97 Å². The summed E-state index contributed by atoms with van der Waals surface area (Å²) in [6.45, 7) is 1.15. The molecule has 0 bridgehead atoms. The van der Waals surface area contributed by atoms with Crippen LogP contribution in [0.3, 0.4) is 0 Å². The van der Waals surface area contributed by atoms with Crippen molar-refractivity contribution in [2.75, 3.05) is 14.2 Å². The number of hydrogen-bond acceptors (Lipinski definition) is 7. The van der Waals surface area contributed by atoms with Crippen molar-refractivity contribution in [1.29, 1.82) is 0 Å². The number of carbonyl (C=O) groups is 1. The maximum Gasteiger partial charge on any atom is 0.331 e. The van der Waals surface area contributed by atoms with E-state index < -0.39 is 0 Å². The predicted molar refractivity (Wildman–Crippen MR) is 140 cm³/mol. The van der Waals surface area contributed by atoms with Gasteiger partial charge in [0, 0.05) is 12.6 Å². The molecule has 8 heteroatoms. The zero-order valence-electron chi connectivity index (χ0n) is 21.0. The van der Waals surface area contributed by atoms with Crippen LogP contribution in [0, 0.1) is 0 Å². The van der Waals surface area contributed by atoms with Gasteiger partial charge < -0.3 is 14.2 Å². The average molecular weight is 499 g/mol. The molecule has 2 atom stereocenters. The van der Waals surface area contributed by atoms with Crippen LogP contribution in [0.1, 0.15) is 17.5 Å². The smallest absolute Gasteiger partial charge is 0.331 e. The molecule has 2 heterocycles. The number of para-hydroxylation sites is 1. The molecule has 8 nitrogen and oxygen atoms in total. The molecule has 190 valence electrons. The number of ether oxygens (including phenoxy) is 3. The van der Waals surface area contributed by atoms with Crippen LogP contribution in [0.5, 0.6) is 11.5 Å². The summed E-state index contributed by atoms with van der Waals surface area (Å²) in [5, 5.41) is 8.77. The summed E-state index contributed by atoms with van der Waals surface area (Å²) in [4.78, 5) is 14.4. The fraction of sp³-hybridized carbons (Fsp3) is 0.276. The predicted octanol–water partition coefficient (Wildman–Crippen LogP) is 4.39. The number of hydrogen-bond donors (Lipinski definition) is 0. The van der Waals surface area contributed by atoms with E-state index in [1.807, 2.05) is 71.4 Å². The molecule has 0 unspecified atom stereocenters. The van der Waals surface area contributed by atoms with Gasteiger partial charge in [0.15, 0.2) is 11.5 Å². The van der Waals surface area contributed by atoms with Crippen LogP contribution in [0.4, 0.5) is 0 Å². The second-order valence-corrected chi connectivity index (χ2v) is 9.01. The third-order valence-corrected chi connectivity index (χ3v) is 6.66. The highest BCUT2D eigenvalue weighted by molar-refractivity contribution is 5.84. The standard InChI is InChI=1S/C29H30N4O4/c1-35-27-15-13-21(18-28(27)36-2)12-14-25(26-16-17-29(34)37-26)32(19-22-8-4-3-5-9-22)20-33-24-11-7-6-10-23(24)30-31-33/h3-11,13,15-18,25-26H,12,14,19-20H2,1-2H3/t25-,26-/m1/s1. The van der Waals surface area contributed by atoms with Crippen molar-refractivity contribution in [3.63, 3.8) is 0 Å². The molecule has 0 spiro atoms. The summed E-state index contributed by atoms with van der Waals surface area (Å²) in [6.07, 6.45) is 4.51. The molecule has 3 aromatic carbocycles. The lowest BCUT2D eigenvalue weighted by Gasteiger charge is -2.34. The van der Waals surface area contributed by atoms with E-state index in [0.717, 1.165) is 35.0 Å². The highest BCUT2D eigenvalue weighted by Gasteiger charge is 2.32. The third kappa shape index (κ3) is 5.65. The van der Waals surface area contributed by atoms with Gasteiger partial charge in [0.1, 0.15) is 11.6 Å². The molecule has 0 N–H and O–H groups in total. The van der Waals surface area contributed by atoms with Gasteiger partial charge in [-0.3, -0.25) is 4.90 Å². The van der Waals surface area contributed by atoms with Crippen LogP contribution >= 0.6 is 0 Å². The van der Waals surface area contributed by atoms with Crippen LogP contribution < -0.4 is 9.47 Å². The molecule has 0 aliphatic carbocycles. The molecule has 37 heavy (non-hydrogen) atoms. The lowest BCUT2D eigenvalue weighted by atomic mass is 9.98. The Morgan fingerprint density at radius 2 is 1.76 bits per heavy atom. The van der Waals surface area contributed by atoms with E-state index in [2.05, 4.69) is 27.3 Å². The van der Waals surface area contributed by atoms with Crippen LogP contribution in [0.15, 0.2) is 84.9 Å². The van der Waals surface area contributed by atoms with Gasteiger partial charge in [0.25, 0.3) is 0 Å². The van der Waals surface area contributed by atoms with E-state index in [1.54, 1.807) is 14.2 Å². The minimum absolute atomic E-state index is 0.0982. The van der Waals surface area contributed by atoms with Crippen molar-refractivity contribution < 1.29 is 19.0 Å². The quantitative estimate of drug-likeness (QED) is 0.284. The van der Waals surface area contributed by atoms with E-state index >= 15 is 0 Å². The molecule has 4 aromatic rings. The number of rotatable bonds is 11. The maximum absolute atomic E-state index is 12.1. The Balaban J connectivity index is 1.46. The summed E-state index contributed by atoms with van der Waals surface area (Å²) in [5.41, 5.74) is 4.08. The number of benzene rings is 3. The van der Waals surface area contributed by atoms with Crippen molar-refractivity contribution >= 4 is 17.0 Å². The summed E-state index contributed by atoms with van der Waals surface area (Å²) < 4.78 is 18.5. The molecular formula is C29H30N4O4. The number of esters is 1. The fourth-order valence-electron chi connectivity index (χ4n) is 4.78. The van der Waals surface area contributed by atoms with Gasteiger partial charge in [0.05, 0.1) is 32.4 Å². The number of aryl methyl sites for hydroxylation is 1. The van der Waals surface area contributed by atoms with Crippen molar-refractivity contribution in [2.45, 2.75) is 38.2 Å². The SMILES string of the molecule is COc1ccc(CC[C@H]([C@H]2C=CC(=O)O2)N(Cc2ccccc2)Cn2nnc3ccccc32)cc1OC. The Morgan fingerprint density at radius 1 is 0.973 bits per heavy atom. The van der Waals surface area contributed by atoms with E-state index in [1.165, 1.54) is 6.08 Å². The van der Waals surface area contributed by atoms with Crippen molar-refractivity contribution in [3.8, 4) is 11.5 Å². The monoisotopic (exact) mass is 498 g/mol. The Labute approximate surface area is 216 Å². The zero-order chi connectivity index (χ0) is 25.6. The summed E-state index contributed by atoms with van der Waals surface area (Å²) in [7, 11) is 3.26. The highest BCUT2D eigenvalue weighted by atomic mass is 16.5. The zero-order valence-corrected chi connectivity index (χ0v) is 21.0. The van der Waals surface area contributed by atoms with E-state index in [9.17, 15) is 4.79 Å². The van der Waals surface area contributed by atoms with Gasteiger partial charge in [-0.15, -0.1) is 5.10 Å². The molecule has 0 saturated carbocycles. The van der Waals surface area contributed by atoms with Gasteiger partial charge in [-0.2, -0.15) is 0 Å². The van der Waals surface area contributed by atoms with E-state index in [4.69, 9.17) is 14.2 Å². The third-order valence-electron chi connectivity index (χ3n) is 6.66. The number of carbonyl (C=O) groups excluding carboxylic acids is 1. The topological polar surface area (TPSA) is 78.7 Å². The van der Waals surface area contributed by atoms with Gasteiger partial charge in [-0.25, -0.2) is 9.48 Å². The molecule has 0 fully saturated rings. The molecular weight excluding hydrogens is 468 g/mol. The first-order chi connectivity index (χ1) is 18.1. The number of fused-ring (bicyclic) bond motifs is 1. The first kappa shape index (κ1) is 24.5. The first-order valence-corrected chi connectivity index (χ1v) is 12.3. The first-order valence-electron chi connectivity index (χ1n) is 12.3. The Bertz CT molecular complexity index is 1390. The Morgan fingerprint density at radius 3 is 2.51 bits per heavy atom. The van der Waals surface area contributed by atoms with E-state index in [-0.39, 0.29) is 18.1 Å². The molecule has 1 aromatic heterocycles. The second kappa shape index (κ2) is 11.3. The Kier molecular flexibility index (Phi) is 7.46. The van der Waals surface area contributed by atoms with Gasteiger partial charge in [-0.1, -0.05) is 53.7 Å². The molecule has 1 aliphatic heterocycles. The van der Waals surface area contributed by atoms with E-state index in [0.29, 0.717) is 24.7 Å². The number of methoxy groups -OCH3 is 2. The summed E-state index contributed by atoms with van der Waals surface area (Å²) in [6, 6.07) is 24.1. The highest BCUT2D eigenvalue weighted by Crippen LogP contribution is 2.29. The molecule has 5 rings (SSSR count).